The molecule has 0 aromatic rings. The number of hydrogen-bond donors (Lipinski definition) is 1. The summed E-state index contributed by atoms with van der Waals surface area (Å²) in [6.07, 6.45) is 2.64. The van der Waals surface area contributed by atoms with Gasteiger partial charge in [0.15, 0.2) is 0 Å². The number of carbonyl (C=O) groups excluding carboxylic acids is 1. The summed E-state index contributed by atoms with van der Waals surface area (Å²) in [6.45, 7) is 5.12. The maximum Gasteiger partial charge on any atom is 0.355 e. The van der Waals surface area contributed by atoms with Crippen LogP contribution >= 0.6 is 0 Å². The third-order valence-corrected chi connectivity index (χ3v) is 2.41. The van der Waals surface area contributed by atoms with Crippen molar-refractivity contribution in [1.29, 1.82) is 0 Å². The van der Waals surface area contributed by atoms with Crippen LogP contribution in [0.3, 0.4) is 0 Å². The van der Waals surface area contributed by atoms with E-state index in [1.165, 1.54) is 12.2 Å². The number of rotatable bonds is 1. The lowest BCUT2D eigenvalue weighted by atomic mass is 10.2. The Labute approximate surface area is 88.9 Å². The molecule has 0 unspecified atom stereocenters. The van der Waals surface area contributed by atoms with E-state index < -0.39 is 21.6 Å². The first-order valence-corrected chi connectivity index (χ1v) is 5.89. The summed E-state index contributed by atoms with van der Waals surface area (Å²) in [7, 11) is -3.53. The first kappa shape index (κ1) is 11.8. The van der Waals surface area contributed by atoms with Crippen LogP contribution in [0.5, 0.6) is 0 Å². The Balaban J connectivity index is 2.79. The molecular weight excluding hydrogens is 218 g/mol. The predicted octanol–water partition coefficient (Wildman–Crippen LogP) is 0.659. The van der Waals surface area contributed by atoms with Gasteiger partial charge in [0.2, 0.25) is 0 Å². The number of hydrogen-bond acceptors (Lipinski definition) is 4. The Morgan fingerprint density at radius 3 is 2.47 bits per heavy atom. The molecule has 0 radical (unpaired) electrons. The second-order valence-corrected chi connectivity index (χ2v) is 5.62. The lowest BCUT2D eigenvalue weighted by Gasteiger charge is -2.21. The summed E-state index contributed by atoms with van der Waals surface area (Å²) >= 11 is 0. The molecule has 0 aromatic heterocycles. The molecule has 5 nitrogen and oxygen atoms in total. The van der Waals surface area contributed by atoms with Gasteiger partial charge in [-0.15, -0.1) is 0 Å². The van der Waals surface area contributed by atoms with E-state index in [0.717, 1.165) is 5.41 Å². The molecule has 1 aliphatic heterocycles. The summed E-state index contributed by atoms with van der Waals surface area (Å²) in [4.78, 5) is 11.5. The molecular formula is C9H13NO4S. The first-order chi connectivity index (χ1) is 6.70. The van der Waals surface area contributed by atoms with Gasteiger partial charge in [-0.3, -0.25) is 4.72 Å². The minimum absolute atomic E-state index is 0.0765. The Morgan fingerprint density at radius 1 is 1.40 bits per heavy atom. The number of sulfonamides is 1. The highest BCUT2D eigenvalue weighted by molar-refractivity contribution is 7.92. The van der Waals surface area contributed by atoms with Gasteiger partial charge in [-0.2, -0.15) is 0 Å². The molecule has 1 rings (SSSR count). The van der Waals surface area contributed by atoms with Gasteiger partial charge in [-0.1, -0.05) is 0 Å². The minimum atomic E-state index is -3.53. The topological polar surface area (TPSA) is 72.5 Å². The standard InChI is InChI=1S/C9H13NO4S/c1-9(2,3)14-8(11)7-5-4-6-15(12,13)10-7/h4-6,10H,1-3H3. The average Bonchev–Trinajstić information content (AvgIpc) is 1.99. The molecule has 0 aliphatic carbocycles. The van der Waals surface area contributed by atoms with Crippen molar-refractivity contribution in [2.24, 2.45) is 0 Å². The van der Waals surface area contributed by atoms with Crippen LogP contribution in [0.1, 0.15) is 20.8 Å². The van der Waals surface area contributed by atoms with Crippen molar-refractivity contribution in [2.75, 3.05) is 0 Å². The van der Waals surface area contributed by atoms with Gasteiger partial charge in [0.1, 0.15) is 11.3 Å². The molecule has 6 heteroatoms. The highest BCUT2D eigenvalue weighted by atomic mass is 32.2. The Bertz CT molecular complexity index is 426. The number of carbonyl (C=O) groups is 1. The molecule has 15 heavy (non-hydrogen) atoms. The monoisotopic (exact) mass is 231 g/mol. The molecule has 0 saturated carbocycles. The van der Waals surface area contributed by atoms with Crippen LogP contribution in [0.15, 0.2) is 23.3 Å². The zero-order valence-corrected chi connectivity index (χ0v) is 9.59. The van der Waals surface area contributed by atoms with Crippen LogP contribution in [-0.4, -0.2) is 20.0 Å². The van der Waals surface area contributed by atoms with Crippen molar-refractivity contribution in [3.8, 4) is 0 Å². The number of allylic oxidation sites excluding steroid dienone is 2. The average molecular weight is 231 g/mol. The van der Waals surface area contributed by atoms with Gasteiger partial charge >= 0.3 is 5.97 Å². The van der Waals surface area contributed by atoms with Crippen molar-refractivity contribution < 1.29 is 17.9 Å². The van der Waals surface area contributed by atoms with Crippen molar-refractivity contribution in [2.45, 2.75) is 26.4 Å². The third kappa shape index (κ3) is 3.75. The fourth-order valence-electron chi connectivity index (χ4n) is 0.903. The van der Waals surface area contributed by atoms with Crippen LogP contribution in [-0.2, 0) is 19.6 Å². The molecule has 84 valence electrons. The zero-order valence-electron chi connectivity index (χ0n) is 8.77. The van der Waals surface area contributed by atoms with Crippen LogP contribution in [0.2, 0.25) is 0 Å². The van der Waals surface area contributed by atoms with E-state index >= 15 is 0 Å². The normalized spacial score (nSPS) is 19.0. The summed E-state index contributed by atoms with van der Waals surface area (Å²) in [5.41, 5.74) is -0.725. The molecule has 0 atom stereocenters. The van der Waals surface area contributed by atoms with E-state index in [9.17, 15) is 13.2 Å². The maximum atomic E-state index is 11.5. The number of ether oxygens (including phenoxy) is 1. The second-order valence-electron chi connectivity index (χ2n) is 4.06. The van der Waals surface area contributed by atoms with E-state index in [-0.39, 0.29) is 5.70 Å². The van der Waals surface area contributed by atoms with Gasteiger partial charge in [0.25, 0.3) is 10.0 Å². The van der Waals surface area contributed by atoms with E-state index in [2.05, 4.69) is 4.72 Å². The fraction of sp³-hybridized carbons (Fsp3) is 0.444. The summed E-state index contributed by atoms with van der Waals surface area (Å²) in [5.74, 6) is -0.685. The lowest BCUT2D eigenvalue weighted by Crippen LogP contribution is -2.33. The highest BCUT2D eigenvalue weighted by Gasteiger charge is 2.23. The van der Waals surface area contributed by atoms with Gasteiger partial charge in [0.05, 0.1) is 5.41 Å². The smallest absolute Gasteiger partial charge is 0.355 e. The van der Waals surface area contributed by atoms with E-state index in [1.807, 2.05) is 0 Å². The molecule has 0 spiro atoms. The van der Waals surface area contributed by atoms with Crippen molar-refractivity contribution in [1.82, 2.24) is 4.72 Å². The van der Waals surface area contributed by atoms with Gasteiger partial charge in [-0.25, -0.2) is 13.2 Å². The summed E-state index contributed by atoms with van der Waals surface area (Å²) in [6, 6.07) is 0. The number of esters is 1. The predicted molar refractivity (Wildman–Crippen MR) is 55.1 cm³/mol. The Hall–Kier alpha value is -1.30. The molecule has 0 saturated heterocycles. The van der Waals surface area contributed by atoms with E-state index in [1.54, 1.807) is 20.8 Å². The van der Waals surface area contributed by atoms with Crippen molar-refractivity contribution >= 4 is 16.0 Å². The summed E-state index contributed by atoms with van der Waals surface area (Å²) in [5, 5.41) is 0.973. The Morgan fingerprint density at radius 2 is 2.00 bits per heavy atom. The third-order valence-electron chi connectivity index (χ3n) is 1.39. The maximum absolute atomic E-state index is 11.5. The molecule has 0 bridgehead atoms. The van der Waals surface area contributed by atoms with Crippen molar-refractivity contribution in [3.63, 3.8) is 0 Å². The minimum Gasteiger partial charge on any atom is -0.455 e. The quantitative estimate of drug-likeness (QED) is 0.673. The number of nitrogens with one attached hydrogen (secondary N) is 1. The van der Waals surface area contributed by atoms with Crippen LogP contribution < -0.4 is 4.72 Å². The molecule has 1 heterocycles. The molecule has 1 aliphatic rings. The first-order valence-electron chi connectivity index (χ1n) is 4.34. The summed E-state index contributed by atoms with van der Waals surface area (Å²) < 4.78 is 29.3. The lowest BCUT2D eigenvalue weighted by molar-refractivity contribution is -0.150. The highest BCUT2D eigenvalue weighted by Crippen LogP contribution is 2.12. The van der Waals surface area contributed by atoms with E-state index in [0.29, 0.717) is 0 Å². The van der Waals surface area contributed by atoms with Crippen LogP contribution in [0.4, 0.5) is 0 Å². The van der Waals surface area contributed by atoms with E-state index in [4.69, 9.17) is 4.74 Å². The van der Waals surface area contributed by atoms with Gasteiger partial charge < -0.3 is 4.74 Å². The van der Waals surface area contributed by atoms with Crippen molar-refractivity contribution in [3.05, 3.63) is 23.3 Å². The molecule has 0 amide bonds. The zero-order chi connectivity index (χ0) is 11.7. The van der Waals surface area contributed by atoms with Crippen LogP contribution in [0, 0.1) is 0 Å². The molecule has 1 N–H and O–H groups in total. The van der Waals surface area contributed by atoms with Crippen LogP contribution in [0.25, 0.3) is 0 Å². The largest absolute Gasteiger partial charge is 0.455 e. The molecule has 0 fully saturated rings. The second kappa shape index (κ2) is 3.69. The Kier molecular flexibility index (Phi) is 2.90. The van der Waals surface area contributed by atoms with Gasteiger partial charge in [0, 0.05) is 0 Å². The fourth-order valence-corrected chi connectivity index (χ4v) is 1.71. The molecule has 0 aromatic carbocycles. The van der Waals surface area contributed by atoms with Gasteiger partial charge in [-0.05, 0) is 32.9 Å². The SMILES string of the molecule is CC(C)(C)OC(=O)C1=CC=CS(=O)(=O)N1.